The Bertz CT molecular complexity index is 394. The number of β-amino-alcohol motifs (C(OH)–C–C–N with tert-alkyl or cyclic N) is 1. The summed E-state index contributed by atoms with van der Waals surface area (Å²) < 4.78 is 13.3. The molecule has 4 heteroatoms. The third-order valence-corrected chi connectivity index (χ3v) is 2.82. The maximum Gasteiger partial charge on any atom is 0.227 e. The zero-order valence-corrected chi connectivity index (χ0v) is 8.90. The summed E-state index contributed by atoms with van der Waals surface area (Å²) in [6, 6.07) is 6.27. The largest absolute Gasteiger partial charge is 0.391 e. The first-order chi connectivity index (χ1) is 7.66. The van der Waals surface area contributed by atoms with Gasteiger partial charge in [0.2, 0.25) is 5.91 Å². The highest BCUT2D eigenvalue weighted by molar-refractivity contribution is 5.79. The Labute approximate surface area is 93.5 Å². The van der Waals surface area contributed by atoms with E-state index in [-0.39, 0.29) is 18.1 Å². The molecule has 1 heterocycles. The van der Waals surface area contributed by atoms with Crippen LogP contribution in [0.25, 0.3) is 0 Å². The Balaban J connectivity index is 2.00. The lowest BCUT2D eigenvalue weighted by Crippen LogP contribution is -2.31. The Kier molecular flexibility index (Phi) is 3.19. The summed E-state index contributed by atoms with van der Waals surface area (Å²) in [5, 5.41) is 9.30. The molecular weight excluding hydrogens is 209 g/mol. The van der Waals surface area contributed by atoms with Crippen molar-refractivity contribution in [3.63, 3.8) is 0 Å². The van der Waals surface area contributed by atoms with E-state index < -0.39 is 6.10 Å². The predicted octanol–water partition coefficient (Wildman–Crippen LogP) is 0.961. The molecule has 1 aromatic carbocycles. The smallest absolute Gasteiger partial charge is 0.227 e. The average Bonchev–Trinajstić information content (AvgIpc) is 2.68. The molecule has 1 atom stereocenters. The second-order valence-electron chi connectivity index (χ2n) is 4.05. The van der Waals surface area contributed by atoms with Crippen LogP contribution in [0.1, 0.15) is 12.0 Å². The standard InChI is InChI=1S/C12H14FNO2/c13-11-4-2-1-3-9(11)7-12(16)14-6-5-10(15)8-14/h1-4,10,15H,5-8H2/t10-/m0/s1. The lowest BCUT2D eigenvalue weighted by Gasteiger charge is -2.15. The summed E-state index contributed by atoms with van der Waals surface area (Å²) in [6.07, 6.45) is 0.257. The maximum absolute atomic E-state index is 13.3. The van der Waals surface area contributed by atoms with Crippen LogP contribution < -0.4 is 0 Å². The highest BCUT2D eigenvalue weighted by atomic mass is 19.1. The van der Waals surface area contributed by atoms with Crippen molar-refractivity contribution in [1.82, 2.24) is 4.90 Å². The van der Waals surface area contributed by atoms with Crippen LogP contribution >= 0.6 is 0 Å². The first-order valence-electron chi connectivity index (χ1n) is 5.36. The quantitative estimate of drug-likeness (QED) is 0.811. The zero-order valence-electron chi connectivity index (χ0n) is 8.90. The van der Waals surface area contributed by atoms with E-state index in [1.807, 2.05) is 0 Å². The van der Waals surface area contributed by atoms with E-state index >= 15 is 0 Å². The molecule has 1 aromatic rings. The monoisotopic (exact) mass is 223 g/mol. The number of likely N-dealkylation sites (tertiary alicyclic amines) is 1. The van der Waals surface area contributed by atoms with E-state index in [0.29, 0.717) is 25.1 Å². The van der Waals surface area contributed by atoms with Crippen LogP contribution in [0.5, 0.6) is 0 Å². The summed E-state index contributed by atoms with van der Waals surface area (Å²) in [7, 11) is 0. The fraction of sp³-hybridized carbons (Fsp3) is 0.417. The molecule has 0 bridgehead atoms. The summed E-state index contributed by atoms with van der Waals surface area (Å²) >= 11 is 0. The number of carbonyl (C=O) groups is 1. The molecule has 0 aromatic heterocycles. The van der Waals surface area contributed by atoms with Crippen molar-refractivity contribution in [2.45, 2.75) is 18.9 Å². The van der Waals surface area contributed by atoms with Crippen LogP contribution in [0.15, 0.2) is 24.3 Å². The fourth-order valence-electron chi connectivity index (χ4n) is 1.88. The molecule has 86 valence electrons. The molecule has 0 saturated carbocycles. The molecule has 2 rings (SSSR count). The summed E-state index contributed by atoms with van der Waals surface area (Å²) in [5.41, 5.74) is 0.411. The Morgan fingerprint density at radius 1 is 1.50 bits per heavy atom. The first kappa shape index (κ1) is 11.1. The number of aliphatic hydroxyl groups is 1. The Hall–Kier alpha value is -1.42. The number of hydrogen-bond acceptors (Lipinski definition) is 2. The number of carbonyl (C=O) groups excluding carboxylic acids is 1. The number of hydrogen-bond donors (Lipinski definition) is 1. The molecule has 1 fully saturated rings. The zero-order chi connectivity index (χ0) is 11.5. The third-order valence-electron chi connectivity index (χ3n) is 2.82. The molecule has 0 radical (unpaired) electrons. The van der Waals surface area contributed by atoms with Crippen molar-refractivity contribution in [2.24, 2.45) is 0 Å². The van der Waals surface area contributed by atoms with Gasteiger partial charge in [0, 0.05) is 13.1 Å². The second-order valence-corrected chi connectivity index (χ2v) is 4.05. The van der Waals surface area contributed by atoms with E-state index in [0.717, 1.165) is 0 Å². The number of halogens is 1. The summed E-state index contributed by atoms with van der Waals surface area (Å²) in [6.45, 7) is 0.932. The van der Waals surface area contributed by atoms with Crippen LogP contribution in [-0.4, -0.2) is 35.1 Å². The number of amides is 1. The Morgan fingerprint density at radius 3 is 2.88 bits per heavy atom. The fourth-order valence-corrected chi connectivity index (χ4v) is 1.88. The van der Waals surface area contributed by atoms with Gasteiger partial charge >= 0.3 is 0 Å². The molecule has 0 spiro atoms. The van der Waals surface area contributed by atoms with Crippen LogP contribution in [0.4, 0.5) is 4.39 Å². The van der Waals surface area contributed by atoms with Crippen LogP contribution in [0.3, 0.4) is 0 Å². The molecule has 1 saturated heterocycles. The van der Waals surface area contributed by atoms with Gasteiger partial charge < -0.3 is 10.0 Å². The number of rotatable bonds is 2. The van der Waals surface area contributed by atoms with Gasteiger partial charge in [-0.15, -0.1) is 0 Å². The van der Waals surface area contributed by atoms with Crippen LogP contribution in [0, 0.1) is 5.82 Å². The lowest BCUT2D eigenvalue weighted by atomic mass is 10.1. The van der Waals surface area contributed by atoms with Gasteiger partial charge in [0.05, 0.1) is 12.5 Å². The molecule has 1 N–H and O–H groups in total. The van der Waals surface area contributed by atoms with Gasteiger partial charge in [0.25, 0.3) is 0 Å². The molecule has 3 nitrogen and oxygen atoms in total. The van der Waals surface area contributed by atoms with Crippen LogP contribution in [0.2, 0.25) is 0 Å². The lowest BCUT2D eigenvalue weighted by molar-refractivity contribution is -0.129. The van der Waals surface area contributed by atoms with Gasteiger partial charge in [-0.05, 0) is 18.1 Å². The van der Waals surface area contributed by atoms with Gasteiger partial charge in [-0.3, -0.25) is 4.79 Å². The normalized spacial score (nSPS) is 20.1. The minimum Gasteiger partial charge on any atom is -0.391 e. The van der Waals surface area contributed by atoms with Crippen molar-refractivity contribution in [1.29, 1.82) is 0 Å². The van der Waals surface area contributed by atoms with Gasteiger partial charge in [-0.1, -0.05) is 18.2 Å². The van der Waals surface area contributed by atoms with Gasteiger partial charge in [-0.25, -0.2) is 4.39 Å². The SMILES string of the molecule is O=C(Cc1ccccc1F)N1CC[C@H](O)C1. The van der Waals surface area contributed by atoms with Gasteiger partial charge in [-0.2, -0.15) is 0 Å². The van der Waals surface area contributed by atoms with Gasteiger partial charge in [0.1, 0.15) is 5.82 Å². The molecule has 0 unspecified atom stereocenters. The average molecular weight is 223 g/mol. The summed E-state index contributed by atoms with van der Waals surface area (Å²) in [5.74, 6) is -0.475. The number of nitrogens with zero attached hydrogens (tertiary/aromatic N) is 1. The minimum atomic E-state index is -0.426. The van der Waals surface area contributed by atoms with E-state index in [1.54, 1.807) is 23.1 Å². The van der Waals surface area contributed by atoms with Crippen molar-refractivity contribution in [3.05, 3.63) is 35.6 Å². The second kappa shape index (κ2) is 4.61. The molecule has 1 aliphatic rings. The van der Waals surface area contributed by atoms with E-state index in [9.17, 15) is 14.3 Å². The topological polar surface area (TPSA) is 40.5 Å². The third kappa shape index (κ3) is 2.39. The maximum atomic E-state index is 13.3. The van der Waals surface area contributed by atoms with Crippen LogP contribution in [-0.2, 0) is 11.2 Å². The van der Waals surface area contributed by atoms with Gasteiger partial charge in [0.15, 0.2) is 0 Å². The highest BCUT2D eigenvalue weighted by Crippen LogP contribution is 2.13. The molecule has 0 aliphatic carbocycles. The van der Waals surface area contributed by atoms with Crippen molar-refractivity contribution in [3.8, 4) is 0 Å². The van der Waals surface area contributed by atoms with E-state index in [4.69, 9.17) is 0 Å². The molecule has 16 heavy (non-hydrogen) atoms. The van der Waals surface area contributed by atoms with Crippen molar-refractivity contribution in [2.75, 3.05) is 13.1 Å². The molecule has 1 aliphatic heterocycles. The van der Waals surface area contributed by atoms with E-state index in [2.05, 4.69) is 0 Å². The highest BCUT2D eigenvalue weighted by Gasteiger charge is 2.24. The summed E-state index contributed by atoms with van der Waals surface area (Å²) in [4.78, 5) is 13.3. The number of benzene rings is 1. The molecule has 1 amide bonds. The number of aliphatic hydroxyl groups excluding tert-OH is 1. The van der Waals surface area contributed by atoms with E-state index in [1.165, 1.54) is 6.07 Å². The predicted molar refractivity (Wildman–Crippen MR) is 57.3 cm³/mol. The van der Waals surface area contributed by atoms with Crippen molar-refractivity contribution >= 4 is 5.91 Å². The minimum absolute atomic E-state index is 0.0688. The Morgan fingerprint density at radius 2 is 2.25 bits per heavy atom. The van der Waals surface area contributed by atoms with Crippen molar-refractivity contribution < 1.29 is 14.3 Å². The first-order valence-corrected chi connectivity index (χ1v) is 5.36. The molecular formula is C12H14FNO2.